The zero-order valence-electron chi connectivity index (χ0n) is 15.4. The summed E-state index contributed by atoms with van der Waals surface area (Å²) in [5.41, 5.74) is 0.130. The minimum Gasteiger partial charge on any atom is -0.389 e. The number of nitrogens with zero attached hydrogens (tertiary/aromatic N) is 3. The highest BCUT2D eigenvalue weighted by molar-refractivity contribution is 6.30. The van der Waals surface area contributed by atoms with Gasteiger partial charge < -0.3 is 10.4 Å². The number of H-pyrrole nitrogens is 1. The zero-order valence-corrected chi connectivity index (χ0v) is 16.2. The number of amides is 1. The topological polar surface area (TPSA) is 113 Å². The molecular formula is C19H20ClN5O3. The lowest BCUT2D eigenvalue weighted by Gasteiger charge is -2.17. The third-order valence-corrected chi connectivity index (χ3v) is 4.17. The Morgan fingerprint density at radius 1 is 1.32 bits per heavy atom. The molecule has 0 fully saturated rings. The van der Waals surface area contributed by atoms with Gasteiger partial charge in [-0.25, -0.2) is 0 Å². The Balaban J connectivity index is 2.00. The minimum atomic E-state index is -1.10. The molecule has 0 aliphatic heterocycles. The van der Waals surface area contributed by atoms with Gasteiger partial charge in [0, 0.05) is 24.2 Å². The first kappa shape index (κ1) is 19.8. The van der Waals surface area contributed by atoms with E-state index >= 15 is 0 Å². The molecule has 8 nitrogen and oxygen atoms in total. The average molecular weight is 402 g/mol. The first-order valence-electron chi connectivity index (χ1n) is 8.60. The van der Waals surface area contributed by atoms with Gasteiger partial charge >= 0.3 is 0 Å². The Labute approximate surface area is 166 Å². The number of carbonyl (C=O) groups is 1. The van der Waals surface area contributed by atoms with E-state index in [-0.39, 0.29) is 12.1 Å². The molecule has 2 heterocycles. The van der Waals surface area contributed by atoms with E-state index in [1.165, 1.54) is 18.5 Å². The van der Waals surface area contributed by atoms with Crippen LogP contribution in [0.4, 0.5) is 0 Å². The predicted octanol–water partition coefficient (Wildman–Crippen LogP) is 1.70. The summed E-state index contributed by atoms with van der Waals surface area (Å²) in [4.78, 5) is 25.4. The van der Waals surface area contributed by atoms with Gasteiger partial charge in [0.25, 0.3) is 11.5 Å². The predicted molar refractivity (Wildman–Crippen MR) is 105 cm³/mol. The molecule has 9 heteroatoms. The van der Waals surface area contributed by atoms with Crippen LogP contribution in [-0.4, -0.2) is 43.1 Å². The van der Waals surface area contributed by atoms with Gasteiger partial charge in [0.05, 0.1) is 17.5 Å². The Bertz CT molecular complexity index is 1020. The summed E-state index contributed by atoms with van der Waals surface area (Å²) in [7, 11) is 0. The highest BCUT2D eigenvalue weighted by Gasteiger charge is 2.20. The van der Waals surface area contributed by atoms with Crippen LogP contribution in [0.2, 0.25) is 5.02 Å². The number of nitrogens with one attached hydrogen (secondary N) is 2. The lowest BCUT2D eigenvalue weighted by atomic mass is 10.1. The molecule has 1 amide bonds. The van der Waals surface area contributed by atoms with E-state index in [4.69, 9.17) is 11.6 Å². The number of aliphatic hydroxyl groups is 1. The smallest absolute Gasteiger partial charge is 0.284 e. The summed E-state index contributed by atoms with van der Waals surface area (Å²) in [6, 6.07) is 8.70. The molecule has 2 aromatic heterocycles. The quantitative estimate of drug-likeness (QED) is 0.581. The van der Waals surface area contributed by atoms with Crippen molar-refractivity contribution in [1.29, 1.82) is 0 Å². The summed E-state index contributed by atoms with van der Waals surface area (Å²) in [6.07, 6.45) is 3.36. The molecule has 3 aromatic rings. The first-order chi connectivity index (χ1) is 13.2. The maximum Gasteiger partial charge on any atom is 0.284 e. The second kappa shape index (κ2) is 7.95. The summed E-state index contributed by atoms with van der Waals surface area (Å²) >= 11 is 5.92. The van der Waals surface area contributed by atoms with Crippen LogP contribution < -0.4 is 10.9 Å². The van der Waals surface area contributed by atoms with E-state index in [1.54, 1.807) is 26.0 Å². The normalized spacial score (nSPS) is 11.4. The number of carbonyl (C=O) groups excluding carboxylic acids is 1. The van der Waals surface area contributed by atoms with Crippen LogP contribution >= 0.6 is 11.6 Å². The van der Waals surface area contributed by atoms with Crippen LogP contribution in [0.1, 0.15) is 35.5 Å². The van der Waals surface area contributed by atoms with Crippen molar-refractivity contribution in [3.05, 3.63) is 74.9 Å². The summed E-state index contributed by atoms with van der Waals surface area (Å²) in [6.45, 7) is 3.14. The number of hydrogen-bond acceptors (Lipinski definition) is 5. The molecule has 0 unspecified atom stereocenters. The molecule has 0 bridgehead atoms. The lowest BCUT2D eigenvalue weighted by Crippen LogP contribution is -2.41. The van der Waals surface area contributed by atoms with Gasteiger partial charge in [-0.2, -0.15) is 14.9 Å². The van der Waals surface area contributed by atoms with E-state index in [2.05, 4.69) is 20.6 Å². The van der Waals surface area contributed by atoms with Gasteiger partial charge in [0.1, 0.15) is 11.3 Å². The van der Waals surface area contributed by atoms with Crippen molar-refractivity contribution in [3.8, 4) is 5.69 Å². The fourth-order valence-corrected chi connectivity index (χ4v) is 2.66. The fourth-order valence-electron chi connectivity index (χ4n) is 2.53. The maximum atomic E-state index is 12.8. The van der Waals surface area contributed by atoms with Crippen LogP contribution in [0.25, 0.3) is 5.69 Å². The summed E-state index contributed by atoms with van der Waals surface area (Å²) in [5.74, 6) is -0.580. The van der Waals surface area contributed by atoms with Gasteiger partial charge in [-0.15, -0.1) is 0 Å². The highest BCUT2D eigenvalue weighted by atomic mass is 35.5. The van der Waals surface area contributed by atoms with Crippen molar-refractivity contribution in [2.24, 2.45) is 0 Å². The highest BCUT2D eigenvalue weighted by Crippen LogP contribution is 2.13. The Morgan fingerprint density at radius 3 is 2.64 bits per heavy atom. The van der Waals surface area contributed by atoms with Crippen molar-refractivity contribution in [2.75, 3.05) is 6.54 Å². The largest absolute Gasteiger partial charge is 0.389 e. The number of rotatable bonds is 6. The van der Waals surface area contributed by atoms with Gasteiger partial charge in [-0.05, 0) is 37.6 Å². The van der Waals surface area contributed by atoms with Crippen molar-refractivity contribution in [2.45, 2.75) is 25.9 Å². The van der Waals surface area contributed by atoms with Crippen LogP contribution in [0.3, 0.4) is 0 Å². The number of benzene rings is 1. The third kappa shape index (κ3) is 4.85. The fraction of sp³-hybridized carbons (Fsp3) is 0.263. The first-order valence-corrected chi connectivity index (χ1v) is 8.98. The van der Waals surface area contributed by atoms with Crippen molar-refractivity contribution in [3.63, 3.8) is 0 Å². The van der Waals surface area contributed by atoms with E-state index in [0.717, 1.165) is 10.2 Å². The minimum absolute atomic E-state index is 0.00578. The van der Waals surface area contributed by atoms with E-state index in [0.29, 0.717) is 22.8 Å². The molecule has 3 rings (SSSR count). The van der Waals surface area contributed by atoms with Crippen molar-refractivity contribution in [1.82, 2.24) is 25.3 Å². The third-order valence-electron chi connectivity index (χ3n) is 3.92. The van der Waals surface area contributed by atoms with Gasteiger partial charge in [0.2, 0.25) is 0 Å². The van der Waals surface area contributed by atoms with Crippen LogP contribution in [0.15, 0.2) is 47.5 Å². The zero-order chi connectivity index (χ0) is 20.3. The van der Waals surface area contributed by atoms with Gasteiger partial charge in [-0.1, -0.05) is 23.7 Å². The molecule has 0 saturated heterocycles. The molecule has 0 aliphatic carbocycles. The lowest BCUT2D eigenvalue weighted by molar-refractivity contribution is 0.0693. The Kier molecular flexibility index (Phi) is 5.62. The van der Waals surface area contributed by atoms with Gasteiger partial charge in [-0.3, -0.25) is 14.7 Å². The van der Waals surface area contributed by atoms with Crippen LogP contribution in [-0.2, 0) is 6.42 Å². The number of halogens is 1. The number of aromatic amines is 1. The molecule has 1 aromatic carbocycles. The second-order valence-electron chi connectivity index (χ2n) is 7.02. The van der Waals surface area contributed by atoms with E-state index in [1.807, 2.05) is 12.1 Å². The molecule has 146 valence electrons. The Hall–Kier alpha value is -2.97. The molecule has 0 spiro atoms. The van der Waals surface area contributed by atoms with Gasteiger partial charge in [0.15, 0.2) is 0 Å². The maximum absolute atomic E-state index is 12.8. The molecule has 3 N–H and O–H groups in total. The molecular weight excluding hydrogens is 382 g/mol. The molecule has 0 aliphatic rings. The summed E-state index contributed by atoms with van der Waals surface area (Å²) in [5, 5.41) is 23.8. The SMILES string of the molecule is CC(C)(O)CNC(=O)c1cc(Cc2ccc(Cl)cc2)nn(-c2cn[nH]c2)c1=O. The second-order valence-corrected chi connectivity index (χ2v) is 7.46. The van der Waals surface area contributed by atoms with Crippen molar-refractivity contribution < 1.29 is 9.90 Å². The number of hydrogen-bond donors (Lipinski definition) is 3. The molecule has 0 radical (unpaired) electrons. The van der Waals surface area contributed by atoms with Crippen LogP contribution in [0.5, 0.6) is 0 Å². The van der Waals surface area contributed by atoms with Crippen LogP contribution in [0, 0.1) is 0 Å². The van der Waals surface area contributed by atoms with E-state index < -0.39 is 17.1 Å². The Morgan fingerprint density at radius 2 is 2.04 bits per heavy atom. The molecule has 0 atom stereocenters. The summed E-state index contributed by atoms with van der Waals surface area (Å²) < 4.78 is 1.13. The number of aromatic nitrogens is 4. The van der Waals surface area contributed by atoms with E-state index in [9.17, 15) is 14.7 Å². The average Bonchev–Trinajstić information content (AvgIpc) is 3.17. The monoisotopic (exact) mass is 401 g/mol. The van der Waals surface area contributed by atoms with Crippen molar-refractivity contribution >= 4 is 17.5 Å². The molecule has 0 saturated carbocycles. The standard InChI is InChI=1S/C19H20ClN5O3/c1-19(2,28)11-21-17(26)16-8-14(7-12-3-5-13(20)6-4-12)24-25(18(16)27)15-9-22-23-10-15/h3-6,8-10,28H,7,11H2,1-2H3,(H,21,26)(H,22,23). The molecule has 28 heavy (non-hydrogen) atoms.